The monoisotopic (exact) mass is 455 g/mol. The molecule has 0 radical (unpaired) electrons. The number of esters is 1. The number of nitrogens with two attached hydrogens (primary N) is 1. The SMILES string of the molecule is C[C@@H](OC(=O)CNC(=O)c1ccc2ccccc2c1)C(=O)Nc1ccc(S(N)(=O)=O)cc1. The van der Waals surface area contributed by atoms with Crippen LogP contribution in [0.3, 0.4) is 0 Å². The lowest BCUT2D eigenvalue weighted by molar-refractivity contribution is -0.152. The average molecular weight is 455 g/mol. The summed E-state index contributed by atoms with van der Waals surface area (Å²) in [5.74, 6) is -1.85. The Kier molecular flexibility index (Phi) is 6.86. The first kappa shape index (κ1) is 22.9. The highest BCUT2D eigenvalue weighted by atomic mass is 32.2. The molecule has 9 nitrogen and oxygen atoms in total. The molecule has 3 aromatic rings. The molecule has 0 aliphatic carbocycles. The maximum atomic E-state index is 12.3. The molecule has 0 spiro atoms. The normalized spacial score (nSPS) is 12.1. The number of ether oxygens (including phenoxy) is 1. The van der Waals surface area contributed by atoms with E-state index in [9.17, 15) is 22.8 Å². The molecule has 10 heteroatoms. The minimum Gasteiger partial charge on any atom is -0.451 e. The largest absolute Gasteiger partial charge is 0.451 e. The molecule has 0 aliphatic rings. The van der Waals surface area contributed by atoms with Crippen LogP contribution in [-0.2, 0) is 24.3 Å². The predicted molar refractivity (Wildman–Crippen MR) is 118 cm³/mol. The van der Waals surface area contributed by atoms with Crippen LogP contribution in [0.4, 0.5) is 5.69 Å². The van der Waals surface area contributed by atoms with Crippen molar-refractivity contribution >= 4 is 44.3 Å². The van der Waals surface area contributed by atoms with E-state index in [1.807, 2.05) is 30.3 Å². The number of hydrogen-bond donors (Lipinski definition) is 3. The van der Waals surface area contributed by atoms with Crippen LogP contribution in [0.5, 0.6) is 0 Å². The molecule has 1 atom stereocenters. The van der Waals surface area contributed by atoms with Gasteiger partial charge < -0.3 is 15.4 Å². The highest BCUT2D eigenvalue weighted by molar-refractivity contribution is 7.89. The second-order valence-corrected chi connectivity index (χ2v) is 8.50. The molecular formula is C22H21N3O6S. The summed E-state index contributed by atoms with van der Waals surface area (Å²) >= 11 is 0. The van der Waals surface area contributed by atoms with E-state index in [4.69, 9.17) is 9.88 Å². The van der Waals surface area contributed by atoms with Crippen LogP contribution in [-0.4, -0.2) is 38.9 Å². The van der Waals surface area contributed by atoms with Gasteiger partial charge in [0.15, 0.2) is 6.10 Å². The van der Waals surface area contributed by atoms with Gasteiger partial charge >= 0.3 is 5.97 Å². The fourth-order valence-corrected chi connectivity index (χ4v) is 3.36. The van der Waals surface area contributed by atoms with E-state index in [1.54, 1.807) is 12.1 Å². The highest BCUT2D eigenvalue weighted by Crippen LogP contribution is 2.16. The Hall–Kier alpha value is -3.76. The fourth-order valence-electron chi connectivity index (χ4n) is 2.85. The first-order valence-electron chi connectivity index (χ1n) is 9.54. The number of sulfonamides is 1. The number of amides is 2. The van der Waals surface area contributed by atoms with Crippen LogP contribution in [0.25, 0.3) is 10.8 Å². The van der Waals surface area contributed by atoms with Gasteiger partial charge in [0.1, 0.15) is 6.54 Å². The van der Waals surface area contributed by atoms with Crippen LogP contribution < -0.4 is 15.8 Å². The van der Waals surface area contributed by atoms with Gasteiger partial charge in [-0.3, -0.25) is 14.4 Å². The third kappa shape index (κ3) is 5.90. The van der Waals surface area contributed by atoms with E-state index in [0.717, 1.165) is 10.8 Å². The molecule has 0 bridgehead atoms. The molecule has 32 heavy (non-hydrogen) atoms. The summed E-state index contributed by atoms with van der Waals surface area (Å²) < 4.78 is 27.6. The second-order valence-electron chi connectivity index (χ2n) is 6.94. The van der Waals surface area contributed by atoms with Crippen LogP contribution in [0, 0.1) is 0 Å². The second kappa shape index (κ2) is 9.58. The molecule has 0 saturated heterocycles. The van der Waals surface area contributed by atoms with Crippen LogP contribution >= 0.6 is 0 Å². The van der Waals surface area contributed by atoms with E-state index in [1.165, 1.54) is 31.2 Å². The summed E-state index contributed by atoms with van der Waals surface area (Å²) in [4.78, 5) is 36.4. The molecule has 0 saturated carbocycles. The van der Waals surface area contributed by atoms with Gasteiger partial charge in [0.05, 0.1) is 4.90 Å². The van der Waals surface area contributed by atoms with E-state index >= 15 is 0 Å². The number of carbonyl (C=O) groups excluding carboxylic acids is 3. The number of carbonyl (C=O) groups is 3. The standard InChI is InChI=1S/C22H21N3O6S/c1-14(21(27)25-18-8-10-19(11-9-18)32(23,29)30)31-20(26)13-24-22(28)17-7-6-15-4-2-3-5-16(15)12-17/h2-12,14H,13H2,1H3,(H,24,28)(H,25,27)(H2,23,29,30)/t14-/m1/s1. The number of benzene rings is 3. The minimum absolute atomic E-state index is 0.0999. The Morgan fingerprint density at radius 1 is 0.969 bits per heavy atom. The maximum absolute atomic E-state index is 12.3. The number of anilines is 1. The van der Waals surface area contributed by atoms with Crippen molar-refractivity contribution in [1.82, 2.24) is 5.32 Å². The molecule has 0 unspecified atom stereocenters. The minimum atomic E-state index is -3.84. The van der Waals surface area contributed by atoms with E-state index in [0.29, 0.717) is 11.3 Å². The zero-order chi connectivity index (χ0) is 23.3. The maximum Gasteiger partial charge on any atom is 0.326 e. The van der Waals surface area contributed by atoms with E-state index in [-0.39, 0.29) is 4.90 Å². The van der Waals surface area contributed by atoms with Gasteiger partial charge in [0.25, 0.3) is 11.8 Å². The van der Waals surface area contributed by atoms with Crippen molar-refractivity contribution in [2.24, 2.45) is 5.14 Å². The van der Waals surface area contributed by atoms with Crippen molar-refractivity contribution < 1.29 is 27.5 Å². The van der Waals surface area contributed by atoms with Gasteiger partial charge in [0.2, 0.25) is 10.0 Å². The van der Waals surface area contributed by atoms with Crippen LogP contribution in [0.1, 0.15) is 17.3 Å². The first-order chi connectivity index (χ1) is 15.1. The Morgan fingerprint density at radius 2 is 1.62 bits per heavy atom. The molecule has 3 aromatic carbocycles. The topological polar surface area (TPSA) is 145 Å². The predicted octanol–water partition coefficient (Wildman–Crippen LogP) is 1.79. The lowest BCUT2D eigenvalue weighted by atomic mass is 10.1. The molecule has 0 aliphatic heterocycles. The molecule has 4 N–H and O–H groups in total. The number of hydrogen-bond acceptors (Lipinski definition) is 6. The molecule has 0 aromatic heterocycles. The Morgan fingerprint density at radius 3 is 2.28 bits per heavy atom. The fraction of sp³-hybridized carbons (Fsp3) is 0.136. The van der Waals surface area contributed by atoms with Gasteiger partial charge in [0, 0.05) is 11.3 Å². The van der Waals surface area contributed by atoms with Gasteiger partial charge in [-0.25, -0.2) is 13.6 Å². The van der Waals surface area contributed by atoms with Gasteiger partial charge in [-0.2, -0.15) is 0 Å². The summed E-state index contributed by atoms with van der Waals surface area (Å²) in [6.07, 6.45) is -1.14. The highest BCUT2D eigenvalue weighted by Gasteiger charge is 2.19. The zero-order valence-electron chi connectivity index (χ0n) is 17.1. The number of nitrogens with one attached hydrogen (secondary N) is 2. The van der Waals surface area contributed by atoms with Crippen molar-refractivity contribution in [3.63, 3.8) is 0 Å². The smallest absolute Gasteiger partial charge is 0.326 e. The number of primary sulfonamides is 1. The summed E-state index contributed by atoms with van der Waals surface area (Å²) in [6.45, 7) is 0.962. The Labute approximate surface area is 184 Å². The van der Waals surface area contributed by atoms with Gasteiger partial charge in [-0.05, 0) is 54.1 Å². The zero-order valence-corrected chi connectivity index (χ0v) is 17.9. The molecule has 3 rings (SSSR count). The Bertz CT molecular complexity index is 1270. The molecular weight excluding hydrogens is 434 g/mol. The van der Waals surface area contributed by atoms with E-state index < -0.39 is 40.5 Å². The van der Waals surface area contributed by atoms with Crippen molar-refractivity contribution in [3.05, 3.63) is 72.3 Å². The lowest BCUT2D eigenvalue weighted by Gasteiger charge is -2.14. The van der Waals surface area contributed by atoms with Crippen LogP contribution in [0.15, 0.2) is 71.6 Å². The summed E-state index contributed by atoms with van der Waals surface area (Å²) in [5, 5.41) is 11.9. The molecule has 0 fully saturated rings. The average Bonchev–Trinajstić information content (AvgIpc) is 2.76. The van der Waals surface area contributed by atoms with Crippen molar-refractivity contribution in [2.75, 3.05) is 11.9 Å². The van der Waals surface area contributed by atoms with Crippen molar-refractivity contribution in [3.8, 4) is 0 Å². The molecule has 0 heterocycles. The molecule has 2 amide bonds. The molecule has 166 valence electrons. The summed E-state index contributed by atoms with van der Waals surface area (Å²) in [5.41, 5.74) is 0.695. The number of rotatable bonds is 7. The Balaban J connectivity index is 1.50. The van der Waals surface area contributed by atoms with E-state index in [2.05, 4.69) is 10.6 Å². The van der Waals surface area contributed by atoms with Crippen LogP contribution in [0.2, 0.25) is 0 Å². The number of fused-ring (bicyclic) bond motifs is 1. The summed E-state index contributed by atoms with van der Waals surface area (Å²) in [7, 11) is -3.84. The van der Waals surface area contributed by atoms with Crippen molar-refractivity contribution in [1.29, 1.82) is 0 Å². The lowest BCUT2D eigenvalue weighted by Crippen LogP contribution is -2.35. The van der Waals surface area contributed by atoms with Gasteiger partial charge in [-0.15, -0.1) is 0 Å². The summed E-state index contributed by atoms with van der Waals surface area (Å²) in [6, 6.07) is 17.9. The van der Waals surface area contributed by atoms with Gasteiger partial charge in [-0.1, -0.05) is 30.3 Å². The quantitative estimate of drug-likeness (QED) is 0.463. The third-order valence-corrected chi connectivity index (χ3v) is 5.46. The van der Waals surface area contributed by atoms with Crippen molar-refractivity contribution in [2.45, 2.75) is 17.9 Å². The third-order valence-electron chi connectivity index (χ3n) is 4.53. The first-order valence-corrected chi connectivity index (χ1v) is 11.1.